The number of rotatable bonds is 7. The number of methoxy groups -OCH3 is 1. The van der Waals surface area contributed by atoms with Gasteiger partial charge in [-0.3, -0.25) is 4.79 Å². The molecule has 4 rings (SSSR count). The first-order chi connectivity index (χ1) is 15.0. The van der Waals surface area contributed by atoms with Crippen molar-refractivity contribution >= 4 is 34.4 Å². The monoisotopic (exact) mass is 435 g/mol. The molecule has 0 radical (unpaired) electrons. The molecule has 0 bridgehead atoms. The molecule has 0 aliphatic carbocycles. The number of carbonyl (C=O) groups excluding carboxylic acids is 1. The van der Waals surface area contributed by atoms with E-state index >= 15 is 0 Å². The molecule has 0 unspecified atom stereocenters. The fourth-order valence-corrected chi connectivity index (χ4v) is 4.19. The van der Waals surface area contributed by atoms with E-state index in [1.165, 1.54) is 28.8 Å². The van der Waals surface area contributed by atoms with Gasteiger partial charge in [-0.25, -0.2) is 9.37 Å². The van der Waals surface area contributed by atoms with E-state index < -0.39 is 0 Å². The van der Waals surface area contributed by atoms with Gasteiger partial charge < -0.3 is 14.2 Å². The Labute approximate surface area is 184 Å². The number of hydrogen-bond donors (Lipinski definition) is 0. The minimum Gasteiger partial charge on any atom is -0.497 e. The lowest BCUT2D eigenvalue weighted by Gasteiger charge is -2.17. The van der Waals surface area contributed by atoms with E-state index in [1.54, 1.807) is 26.3 Å². The molecule has 1 aromatic heterocycles. The molecule has 7 heteroatoms. The molecule has 0 fully saturated rings. The Morgan fingerprint density at radius 3 is 2.48 bits per heavy atom. The van der Waals surface area contributed by atoms with Crippen molar-refractivity contribution in [1.82, 2.24) is 9.55 Å². The molecular formula is C24H22FN3O2S. The van der Waals surface area contributed by atoms with Crippen LogP contribution in [0.4, 0.5) is 10.1 Å². The molecule has 158 valence electrons. The third-order valence-corrected chi connectivity index (χ3v) is 5.99. The Morgan fingerprint density at radius 1 is 1.06 bits per heavy atom. The first-order valence-electron chi connectivity index (χ1n) is 9.78. The summed E-state index contributed by atoms with van der Waals surface area (Å²) in [7, 11) is 3.34. The topological polar surface area (TPSA) is 47.4 Å². The molecule has 4 aromatic rings. The lowest BCUT2D eigenvalue weighted by Crippen LogP contribution is -2.28. The van der Waals surface area contributed by atoms with Crippen LogP contribution in [0, 0.1) is 5.82 Å². The number of benzene rings is 3. The van der Waals surface area contributed by atoms with Gasteiger partial charge in [-0.05, 0) is 54.1 Å². The van der Waals surface area contributed by atoms with Gasteiger partial charge in [-0.2, -0.15) is 0 Å². The van der Waals surface area contributed by atoms with Crippen molar-refractivity contribution in [2.75, 3.05) is 24.8 Å². The highest BCUT2D eigenvalue weighted by Gasteiger charge is 2.16. The highest BCUT2D eigenvalue weighted by atomic mass is 32.2. The Morgan fingerprint density at radius 2 is 1.77 bits per heavy atom. The molecule has 0 saturated heterocycles. The molecule has 0 saturated carbocycles. The Kier molecular flexibility index (Phi) is 6.23. The number of anilines is 1. The number of nitrogens with zero attached hydrogens (tertiary/aromatic N) is 3. The first kappa shape index (κ1) is 20.9. The number of carbonyl (C=O) groups is 1. The number of thioether (sulfide) groups is 1. The molecular weight excluding hydrogens is 413 g/mol. The minimum atomic E-state index is -0.328. The maximum Gasteiger partial charge on any atom is 0.237 e. The first-order valence-corrected chi connectivity index (χ1v) is 10.8. The third-order valence-electron chi connectivity index (χ3n) is 5.03. The Balaban J connectivity index is 1.54. The van der Waals surface area contributed by atoms with Crippen LogP contribution in [-0.4, -0.2) is 35.4 Å². The van der Waals surface area contributed by atoms with Crippen molar-refractivity contribution in [2.24, 2.45) is 0 Å². The van der Waals surface area contributed by atoms with Crippen molar-refractivity contribution in [3.05, 3.63) is 84.2 Å². The second-order valence-corrected chi connectivity index (χ2v) is 7.98. The number of fused-ring (bicyclic) bond motifs is 1. The maximum atomic E-state index is 13.2. The molecule has 31 heavy (non-hydrogen) atoms. The van der Waals surface area contributed by atoms with Crippen molar-refractivity contribution in [3.8, 4) is 5.75 Å². The molecule has 1 heterocycles. The normalized spacial score (nSPS) is 10.9. The SMILES string of the molecule is COc1ccc(Cn2c(SCC(=O)N(C)c3ccc(F)cc3)nc3ccccc32)cc1. The van der Waals surface area contributed by atoms with Gasteiger partial charge in [0.15, 0.2) is 5.16 Å². The maximum absolute atomic E-state index is 13.2. The zero-order valence-corrected chi connectivity index (χ0v) is 18.1. The van der Waals surface area contributed by atoms with Gasteiger partial charge in [0.1, 0.15) is 11.6 Å². The number of hydrogen-bond acceptors (Lipinski definition) is 4. The van der Waals surface area contributed by atoms with E-state index in [0.29, 0.717) is 12.2 Å². The average molecular weight is 436 g/mol. The predicted molar refractivity (Wildman–Crippen MR) is 122 cm³/mol. The number of aromatic nitrogens is 2. The fraction of sp³-hybridized carbons (Fsp3) is 0.167. The third kappa shape index (κ3) is 4.72. The van der Waals surface area contributed by atoms with Crippen LogP contribution in [0.3, 0.4) is 0 Å². The van der Waals surface area contributed by atoms with Gasteiger partial charge in [-0.15, -0.1) is 0 Å². The van der Waals surface area contributed by atoms with Crippen LogP contribution in [-0.2, 0) is 11.3 Å². The largest absolute Gasteiger partial charge is 0.497 e. The zero-order valence-electron chi connectivity index (χ0n) is 17.3. The van der Waals surface area contributed by atoms with Crippen molar-refractivity contribution in [3.63, 3.8) is 0 Å². The van der Waals surface area contributed by atoms with Crippen molar-refractivity contribution in [1.29, 1.82) is 0 Å². The summed E-state index contributed by atoms with van der Waals surface area (Å²) in [6.07, 6.45) is 0. The van der Waals surface area contributed by atoms with Gasteiger partial charge in [0.25, 0.3) is 0 Å². The summed E-state index contributed by atoms with van der Waals surface area (Å²) in [6.45, 7) is 0.634. The van der Waals surface area contributed by atoms with Crippen LogP contribution in [0.25, 0.3) is 11.0 Å². The summed E-state index contributed by atoms with van der Waals surface area (Å²) >= 11 is 1.40. The number of halogens is 1. The summed E-state index contributed by atoms with van der Waals surface area (Å²) in [4.78, 5) is 19.0. The van der Waals surface area contributed by atoms with E-state index in [0.717, 1.165) is 27.5 Å². The van der Waals surface area contributed by atoms with Gasteiger partial charge >= 0.3 is 0 Å². The van der Waals surface area contributed by atoms with E-state index in [1.807, 2.05) is 48.5 Å². The Hall–Kier alpha value is -3.32. The van der Waals surface area contributed by atoms with Gasteiger partial charge in [0.05, 0.1) is 30.4 Å². The molecule has 5 nitrogen and oxygen atoms in total. The van der Waals surface area contributed by atoms with Crippen LogP contribution < -0.4 is 9.64 Å². The van der Waals surface area contributed by atoms with Gasteiger partial charge in [-0.1, -0.05) is 36.0 Å². The van der Waals surface area contributed by atoms with Crippen molar-refractivity contribution < 1.29 is 13.9 Å². The quantitative estimate of drug-likeness (QED) is 0.384. The van der Waals surface area contributed by atoms with Crippen LogP contribution in [0.1, 0.15) is 5.56 Å². The molecule has 0 N–H and O–H groups in total. The summed E-state index contributed by atoms with van der Waals surface area (Å²) in [6, 6.07) is 21.7. The highest BCUT2D eigenvalue weighted by Crippen LogP contribution is 2.26. The lowest BCUT2D eigenvalue weighted by atomic mass is 10.2. The Bertz CT molecular complexity index is 1190. The summed E-state index contributed by atoms with van der Waals surface area (Å²) in [5, 5.41) is 0.776. The van der Waals surface area contributed by atoms with Crippen molar-refractivity contribution in [2.45, 2.75) is 11.7 Å². The van der Waals surface area contributed by atoms with Gasteiger partial charge in [0.2, 0.25) is 5.91 Å². The van der Waals surface area contributed by atoms with Crippen LogP contribution in [0.15, 0.2) is 78.0 Å². The number of imidazole rings is 1. The molecule has 0 spiro atoms. The minimum absolute atomic E-state index is 0.0836. The second kappa shape index (κ2) is 9.22. The zero-order chi connectivity index (χ0) is 21.8. The second-order valence-electron chi connectivity index (χ2n) is 7.04. The average Bonchev–Trinajstić information content (AvgIpc) is 3.15. The highest BCUT2D eigenvalue weighted by molar-refractivity contribution is 7.99. The summed E-state index contributed by atoms with van der Waals surface area (Å²) in [5.41, 5.74) is 3.66. The van der Waals surface area contributed by atoms with E-state index in [2.05, 4.69) is 4.57 Å². The molecule has 0 aliphatic heterocycles. The molecule has 0 atom stereocenters. The van der Waals surface area contributed by atoms with E-state index in [9.17, 15) is 9.18 Å². The number of ether oxygens (including phenoxy) is 1. The lowest BCUT2D eigenvalue weighted by molar-refractivity contribution is -0.115. The number of amides is 1. The predicted octanol–water partition coefficient (Wildman–Crippen LogP) is 4.99. The molecule has 1 amide bonds. The summed E-state index contributed by atoms with van der Waals surface area (Å²) < 4.78 is 20.5. The number of para-hydroxylation sites is 2. The summed E-state index contributed by atoms with van der Waals surface area (Å²) in [5.74, 6) is 0.619. The van der Waals surface area contributed by atoms with Gasteiger partial charge in [0, 0.05) is 12.7 Å². The standard InChI is InChI=1S/C24H22FN3O2S/c1-27(19-11-9-18(25)10-12-19)23(29)16-31-24-26-21-5-3-4-6-22(21)28(24)15-17-7-13-20(30-2)14-8-17/h3-14H,15-16H2,1-2H3. The molecule has 3 aromatic carbocycles. The van der Waals surface area contributed by atoms with E-state index in [-0.39, 0.29) is 17.5 Å². The fourth-order valence-electron chi connectivity index (χ4n) is 3.26. The molecule has 0 aliphatic rings. The smallest absolute Gasteiger partial charge is 0.237 e. The van der Waals surface area contributed by atoms with Crippen LogP contribution >= 0.6 is 11.8 Å². The van der Waals surface area contributed by atoms with Crippen LogP contribution in [0.2, 0.25) is 0 Å². The van der Waals surface area contributed by atoms with Crippen LogP contribution in [0.5, 0.6) is 5.75 Å². The van der Waals surface area contributed by atoms with E-state index in [4.69, 9.17) is 9.72 Å².